The van der Waals surface area contributed by atoms with Gasteiger partial charge in [0.15, 0.2) is 5.76 Å². The molecule has 0 spiro atoms. The number of nitrogens with one attached hydrogen (secondary N) is 1. The lowest BCUT2D eigenvalue weighted by Crippen LogP contribution is -2.24. The summed E-state index contributed by atoms with van der Waals surface area (Å²) in [7, 11) is 0. The molecule has 120 valence electrons. The van der Waals surface area contributed by atoms with Gasteiger partial charge in [-0.1, -0.05) is 11.6 Å². The molecule has 3 rings (SSSR count). The number of hydrogen-bond acceptors (Lipinski definition) is 4. The number of halogens is 1. The minimum atomic E-state index is -0.227. The predicted molar refractivity (Wildman–Crippen MR) is 84.2 cm³/mol. The average Bonchev–Trinajstić information content (AvgIpc) is 3.26. The van der Waals surface area contributed by atoms with Gasteiger partial charge in [0.2, 0.25) is 0 Å². The van der Waals surface area contributed by atoms with Crippen molar-refractivity contribution in [2.24, 2.45) is 0 Å². The van der Waals surface area contributed by atoms with Gasteiger partial charge in [0.05, 0.1) is 17.8 Å². The SMILES string of the molecule is O=C(NCCCn1cccn1)c1ccc(Cn2cc(Cl)cn2)o1. The molecule has 0 atom stereocenters. The summed E-state index contributed by atoms with van der Waals surface area (Å²) in [6.07, 6.45) is 7.67. The molecule has 0 aliphatic rings. The van der Waals surface area contributed by atoms with Gasteiger partial charge in [-0.2, -0.15) is 10.2 Å². The van der Waals surface area contributed by atoms with Gasteiger partial charge < -0.3 is 9.73 Å². The topological polar surface area (TPSA) is 77.9 Å². The molecule has 0 unspecified atom stereocenters. The van der Waals surface area contributed by atoms with Gasteiger partial charge in [0, 0.05) is 31.7 Å². The summed E-state index contributed by atoms with van der Waals surface area (Å²) in [6, 6.07) is 5.28. The van der Waals surface area contributed by atoms with Crippen molar-refractivity contribution in [1.82, 2.24) is 24.9 Å². The van der Waals surface area contributed by atoms with Crippen LogP contribution in [-0.2, 0) is 13.1 Å². The van der Waals surface area contributed by atoms with Crippen LogP contribution in [0.3, 0.4) is 0 Å². The van der Waals surface area contributed by atoms with Crippen LogP contribution in [0.25, 0.3) is 0 Å². The first kappa shape index (κ1) is 15.4. The van der Waals surface area contributed by atoms with E-state index in [1.54, 1.807) is 35.4 Å². The van der Waals surface area contributed by atoms with E-state index in [9.17, 15) is 4.79 Å². The van der Waals surface area contributed by atoms with Gasteiger partial charge in [-0.3, -0.25) is 14.2 Å². The smallest absolute Gasteiger partial charge is 0.286 e. The maximum atomic E-state index is 12.0. The van der Waals surface area contributed by atoms with Gasteiger partial charge in [-0.15, -0.1) is 0 Å². The lowest BCUT2D eigenvalue weighted by molar-refractivity contribution is 0.0923. The molecule has 1 amide bonds. The Hall–Kier alpha value is -2.54. The van der Waals surface area contributed by atoms with Gasteiger partial charge in [0.25, 0.3) is 5.91 Å². The Morgan fingerprint density at radius 3 is 2.96 bits per heavy atom. The van der Waals surface area contributed by atoms with Gasteiger partial charge in [-0.25, -0.2) is 0 Å². The molecular formula is C15H16ClN5O2. The third-order valence-corrected chi connectivity index (χ3v) is 3.41. The quantitative estimate of drug-likeness (QED) is 0.672. The number of aromatic nitrogens is 4. The second-order valence-corrected chi connectivity index (χ2v) is 5.44. The van der Waals surface area contributed by atoms with E-state index in [4.69, 9.17) is 16.0 Å². The highest BCUT2D eigenvalue weighted by Crippen LogP contribution is 2.11. The Balaban J connectivity index is 1.46. The fourth-order valence-corrected chi connectivity index (χ4v) is 2.29. The standard InChI is InChI=1S/C15H16ClN5O2/c16-12-9-19-21(10-12)11-13-3-4-14(23-13)15(22)17-5-1-7-20-8-2-6-18-20/h2-4,6,8-10H,1,5,7,11H2,(H,17,22). The van der Waals surface area contributed by atoms with Crippen LogP contribution in [0.5, 0.6) is 0 Å². The van der Waals surface area contributed by atoms with Crippen LogP contribution in [-0.4, -0.2) is 32.0 Å². The first-order valence-electron chi connectivity index (χ1n) is 7.23. The number of aryl methyl sites for hydroxylation is 1. The van der Waals surface area contributed by atoms with Crippen molar-refractivity contribution in [3.63, 3.8) is 0 Å². The van der Waals surface area contributed by atoms with Crippen molar-refractivity contribution in [2.45, 2.75) is 19.5 Å². The lowest BCUT2D eigenvalue weighted by Gasteiger charge is -2.03. The second-order valence-electron chi connectivity index (χ2n) is 5.00. The highest BCUT2D eigenvalue weighted by atomic mass is 35.5. The van der Waals surface area contributed by atoms with Crippen LogP contribution in [0.1, 0.15) is 22.7 Å². The maximum Gasteiger partial charge on any atom is 0.286 e. The first-order chi connectivity index (χ1) is 11.2. The molecule has 3 aromatic heterocycles. The second kappa shape index (κ2) is 7.15. The number of carbonyl (C=O) groups is 1. The number of carbonyl (C=O) groups excluding carboxylic acids is 1. The van der Waals surface area contributed by atoms with Crippen molar-refractivity contribution >= 4 is 17.5 Å². The van der Waals surface area contributed by atoms with E-state index in [0.29, 0.717) is 23.9 Å². The van der Waals surface area contributed by atoms with E-state index in [2.05, 4.69) is 15.5 Å². The Labute approximate surface area is 137 Å². The summed E-state index contributed by atoms with van der Waals surface area (Å²) in [5.74, 6) is 0.707. The molecule has 7 nitrogen and oxygen atoms in total. The summed E-state index contributed by atoms with van der Waals surface area (Å²) in [4.78, 5) is 12.0. The molecule has 8 heteroatoms. The minimum Gasteiger partial charge on any atom is -0.454 e. The Bertz CT molecular complexity index is 763. The number of rotatable bonds is 7. The zero-order valence-corrected chi connectivity index (χ0v) is 13.1. The number of furan rings is 1. The van der Waals surface area contributed by atoms with Crippen LogP contribution in [0.2, 0.25) is 5.02 Å². The molecule has 0 saturated heterocycles. The molecule has 23 heavy (non-hydrogen) atoms. The van der Waals surface area contributed by atoms with Crippen molar-refractivity contribution < 1.29 is 9.21 Å². The van der Waals surface area contributed by atoms with Crippen LogP contribution in [0.4, 0.5) is 0 Å². The fraction of sp³-hybridized carbons (Fsp3) is 0.267. The number of nitrogens with zero attached hydrogens (tertiary/aromatic N) is 4. The molecule has 3 heterocycles. The zero-order chi connectivity index (χ0) is 16.1. The fourth-order valence-electron chi connectivity index (χ4n) is 2.13. The summed E-state index contributed by atoms with van der Waals surface area (Å²) >= 11 is 5.81. The average molecular weight is 334 g/mol. The molecule has 3 aromatic rings. The van der Waals surface area contributed by atoms with Crippen molar-refractivity contribution in [1.29, 1.82) is 0 Å². The van der Waals surface area contributed by atoms with E-state index in [-0.39, 0.29) is 11.7 Å². The van der Waals surface area contributed by atoms with Crippen molar-refractivity contribution in [2.75, 3.05) is 6.54 Å². The van der Waals surface area contributed by atoms with E-state index < -0.39 is 0 Å². The molecular weight excluding hydrogens is 318 g/mol. The Morgan fingerprint density at radius 1 is 1.30 bits per heavy atom. The van der Waals surface area contributed by atoms with Crippen LogP contribution >= 0.6 is 11.6 Å². The summed E-state index contributed by atoms with van der Waals surface area (Å²) in [5.41, 5.74) is 0. The number of hydrogen-bond donors (Lipinski definition) is 1. The molecule has 0 aliphatic heterocycles. The molecule has 0 aromatic carbocycles. The van der Waals surface area contributed by atoms with E-state index >= 15 is 0 Å². The van der Waals surface area contributed by atoms with E-state index in [1.165, 1.54) is 0 Å². The van der Waals surface area contributed by atoms with E-state index in [0.717, 1.165) is 13.0 Å². The zero-order valence-electron chi connectivity index (χ0n) is 12.4. The minimum absolute atomic E-state index is 0.227. The van der Waals surface area contributed by atoms with Crippen molar-refractivity contribution in [3.05, 3.63) is 59.5 Å². The molecule has 0 bridgehead atoms. The normalized spacial score (nSPS) is 10.8. The summed E-state index contributed by atoms with van der Waals surface area (Å²) < 4.78 is 9.00. The largest absolute Gasteiger partial charge is 0.454 e. The van der Waals surface area contributed by atoms with Crippen LogP contribution in [0, 0.1) is 0 Å². The van der Waals surface area contributed by atoms with Gasteiger partial charge in [0.1, 0.15) is 5.76 Å². The predicted octanol–water partition coefficient (Wildman–Crippen LogP) is 2.19. The van der Waals surface area contributed by atoms with E-state index in [1.807, 2.05) is 16.9 Å². The first-order valence-corrected chi connectivity index (χ1v) is 7.61. The number of amides is 1. The summed E-state index contributed by atoms with van der Waals surface area (Å²) in [6.45, 7) is 1.75. The monoisotopic (exact) mass is 333 g/mol. The highest BCUT2D eigenvalue weighted by molar-refractivity contribution is 6.30. The summed E-state index contributed by atoms with van der Waals surface area (Å²) in [5, 5.41) is 11.6. The molecule has 0 fully saturated rings. The van der Waals surface area contributed by atoms with Gasteiger partial charge >= 0.3 is 0 Å². The van der Waals surface area contributed by atoms with Crippen molar-refractivity contribution in [3.8, 4) is 0 Å². The molecule has 0 radical (unpaired) electrons. The highest BCUT2D eigenvalue weighted by Gasteiger charge is 2.11. The molecule has 0 aliphatic carbocycles. The molecule has 1 N–H and O–H groups in total. The van der Waals surface area contributed by atoms with Crippen LogP contribution < -0.4 is 5.32 Å². The maximum absolute atomic E-state index is 12.0. The Morgan fingerprint density at radius 2 is 2.22 bits per heavy atom. The lowest BCUT2D eigenvalue weighted by atomic mass is 10.3. The third-order valence-electron chi connectivity index (χ3n) is 3.21. The Kier molecular flexibility index (Phi) is 4.77. The van der Waals surface area contributed by atoms with Crippen LogP contribution in [0.15, 0.2) is 47.4 Å². The third kappa shape index (κ3) is 4.23. The van der Waals surface area contributed by atoms with Gasteiger partial charge in [-0.05, 0) is 24.6 Å². The molecule has 0 saturated carbocycles.